The molecule has 1 aliphatic rings. The molecule has 0 aliphatic heterocycles. The summed E-state index contributed by atoms with van der Waals surface area (Å²) in [6.07, 6.45) is 2.70. The number of aliphatic hydroxyl groups is 1. The van der Waals surface area contributed by atoms with Gasteiger partial charge >= 0.3 is 0 Å². The first-order valence-electron chi connectivity index (χ1n) is 8.18. The lowest BCUT2D eigenvalue weighted by molar-refractivity contribution is 0.0903. The van der Waals surface area contributed by atoms with Crippen molar-refractivity contribution in [2.24, 2.45) is 5.92 Å². The SMILES string of the molecule is CC[C@@H]1CCc2c(ccc(C)c2OCc2ccccc2)[C@H]1O. The van der Waals surface area contributed by atoms with Crippen LogP contribution in [-0.2, 0) is 13.0 Å². The van der Waals surface area contributed by atoms with E-state index in [2.05, 4.69) is 38.1 Å². The molecule has 2 aromatic carbocycles. The number of aryl methyl sites for hydroxylation is 1. The Balaban J connectivity index is 1.87. The van der Waals surface area contributed by atoms with E-state index in [1.165, 1.54) is 11.1 Å². The standard InChI is InChI=1S/C20H24O2/c1-3-16-10-12-18-17(19(16)21)11-9-14(2)20(18)22-13-15-7-5-4-6-8-15/h4-9,11,16,19,21H,3,10,12-13H2,1-2H3/t16-,19+/m1/s1. The minimum atomic E-state index is -0.353. The fourth-order valence-corrected chi connectivity index (χ4v) is 3.39. The molecule has 0 aromatic heterocycles. The molecule has 0 unspecified atom stereocenters. The minimum Gasteiger partial charge on any atom is -0.488 e. The van der Waals surface area contributed by atoms with Gasteiger partial charge in [-0.25, -0.2) is 0 Å². The second-order valence-corrected chi connectivity index (χ2v) is 6.21. The first-order valence-corrected chi connectivity index (χ1v) is 8.18. The monoisotopic (exact) mass is 296 g/mol. The molecule has 22 heavy (non-hydrogen) atoms. The zero-order valence-corrected chi connectivity index (χ0v) is 13.4. The van der Waals surface area contributed by atoms with Gasteiger partial charge in [-0.1, -0.05) is 55.8 Å². The molecule has 0 spiro atoms. The van der Waals surface area contributed by atoms with Gasteiger partial charge in [0, 0.05) is 5.56 Å². The van der Waals surface area contributed by atoms with E-state index in [4.69, 9.17) is 4.74 Å². The number of rotatable bonds is 4. The third kappa shape index (κ3) is 2.89. The molecule has 0 saturated heterocycles. The molecule has 0 amide bonds. The molecule has 2 heteroatoms. The lowest BCUT2D eigenvalue weighted by Gasteiger charge is -2.31. The Morgan fingerprint density at radius 3 is 2.64 bits per heavy atom. The topological polar surface area (TPSA) is 29.5 Å². The van der Waals surface area contributed by atoms with Crippen molar-refractivity contribution in [2.45, 2.75) is 45.8 Å². The average Bonchev–Trinajstić information content (AvgIpc) is 2.55. The molecule has 2 atom stereocenters. The van der Waals surface area contributed by atoms with E-state index >= 15 is 0 Å². The lowest BCUT2D eigenvalue weighted by atomic mass is 9.79. The summed E-state index contributed by atoms with van der Waals surface area (Å²) < 4.78 is 6.13. The maximum Gasteiger partial charge on any atom is 0.126 e. The molecule has 3 rings (SSSR count). The first-order chi connectivity index (χ1) is 10.7. The van der Waals surface area contributed by atoms with Crippen molar-refractivity contribution in [3.05, 3.63) is 64.7 Å². The van der Waals surface area contributed by atoms with Gasteiger partial charge in [-0.2, -0.15) is 0 Å². The first kappa shape index (κ1) is 15.1. The lowest BCUT2D eigenvalue weighted by Crippen LogP contribution is -2.21. The molecule has 116 valence electrons. The predicted molar refractivity (Wildman–Crippen MR) is 89.0 cm³/mol. The summed E-state index contributed by atoms with van der Waals surface area (Å²) in [6, 6.07) is 14.4. The van der Waals surface area contributed by atoms with Crippen LogP contribution in [0.3, 0.4) is 0 Å². The number of hydrogen-bond acceptors (Lipinski definition) is 2. The maximum atomic E-state index is 10.6. The molecule has 1 N–H and O–H groups in total. The molecular formula is C20H24O2. The summed E-state index contributed by atoms with van der Waals surface area (Å²) in [5.74, 6) is 1.34. The largest absolute Gasteiger partial charge is 0.488 e. The Morgan fingerprint density at radius 2 is 1.91 bits per heavy atom. The van der Waals surface area contributed by atoms with Crippen LogP contribution >= 0.6 is 0 Å². The highest BCUT2D eigenvalue weighted by molar-refractivity contribution is 5.48. The van der Waals surface area contributed by atoms with Gasteiger partial charge in [-0.15, -0.1) is 0 Å². The van der Waals surface area contributed by atoms with Crippen LogP contribution in [-0.4, -0.2) is 5.11 Å². The molecule has 0 fully saturated rings. The van der Waals surface area contributed by atoms with Gasteiger partial charge in [0.2, 0.25) is 0 Å². The molecule has 2 nitrogen and oxygen atoms in total. The van der Waals surface area contributed by atoms with Crippen LogP contribution < -0.4 is 4.74 Å². The summed E-state index contributed by atoms with van der Waals surface area (Å²) in [7, 11) is 0. The van der Waals surface area contributed by atoms with Gasteiger partial charge in [0.1, 0.15) is 12.4 Å². The van der Waals surface area contributed by atoms with Gasteiger partial charge in [-0.3, -0.25) is 0 Å². The van der Waals surface area contributed by atoms with Crippen molar-refractivity contribution < 1.29 is 9.84 Å². The van der Waals surface area contributed by atoms with Crippen LogP contribution in [0, 0.1) is 12.8 Å². The fraction of sp³-hybridized carbons (Fsp3) is 0.400. The summed E-state index contributed by atoms with van der Waals surface area (Å²) in [6.45, 7) is 4.81. The van der Waals surface area contributed by atoms with Gasteiger partial charge in [0.15, 0.2) is 0 Å². The molecule has 0 saturated carbocycles. The fourth-order valence-electron chi connectivity index (χ4n) is 3.39. The van der Waals surface area contributed by atoms with Crippen molar-refractivity contribution in [1.82, 2.24) is 0 Å². The zero-order valence-electron chi connectivity index (χ0n) is 13.4. The Kier molecular flexibility index (Phi) is 4.49. The Bertz CT molecular complexity index is 634. The number of aliphatic hydroxyl groups excluding tert-OH is 1. The quantitative estimate of drug-likeness (QED) is 0.895. The average molecular weight is 296 g/mol. The summed E-state index contributed by atoms with van der Waals surface area (Å²) in [5.41, 5.74) is 4.58. The Morgan fingerprint density at radius 1 is 1.14 bits per heavy atom. The van der Waals surface area contributed by atoms with Gasteiger partial charge < -0.3 is 9.84 Å². The predicted octanol–water partition coefficient (Wildman–Crippen LogP) is 4.58. The highest BCUT2D eigenvalue weighted by Gasteiger charge is 2.29. The number of hydrogen-bond donors (Lipinski definition) is 1. The van der Waals surface area contributed by atoms with Crippen LogP contribution in [0.25, 0.3) is 0 Å². The summed E-state index contributed by atoms with van der Waals surface area (Å²) in [5, 5.41) is 10.6. The normalized spacial score (nSPS) is 20.5. The third-order valence-corrected chi connectivity index (χ3v) is 4.77. The highest BCUT2D eigenvalue weighted by Crippen LogP contribution is 2.41. The Hall–Kier alpha value is -1.80. The van der Waals surface area contributed by atoms with Gasteiger partial charge in [0.05, 0.1) is 6.10 Å². The van der Waals surface area contributed by atoms with E-state index in [9.17, 15) is 5.11 Å². The van der Waals surface area contributed by atoms with Crippen LogP contribution in [0.4, 0.5) is 0 Å². The Labute approximate surface area is 132 Å². The third-order valence-electron chi connectivity index (χ3n) is 4.77. The molecule has 0 heterocycles. The van der Waals surface area contributed by atoms with E-state index < -0.39 is 0 Å². The van der Waals surface area contributed by atoms with Crippen LogP contribution in [0.15, 0.2) is 42.5 Å². The van der Waals surface area contributed by atoms with Crippen molar-refractivity contribution in [3.8, 4) is 5.75 Å². The van der Waals surface area contributed by atoms with Crippen molar-refractivity contribution in [1.29, 1.82) is 0 Å². The van der Waals surface area contributed by atoms with Crippen LogP contribution in [0.2, 0.25) is 0 Å². The van der Waals surface area contributed by atoms with Crippen LogP contribution in [0.1, 0.15) is 48.1 Å². The second kappa shape index (κ2) is 6.53. The van der Waals surface area contributed by atoms with E-state index in [1.54, 1.807) is 0 Å². The summed E-state index contributed by atoms with van der Waals surface area (Å²) in [4.78, 5) is 0. The molecular weight excluding hydrogens is 272 g/mol. The van der Waals surface area contributed by atoms with Crippen LogP contribution in [0.5, 0.6) is 5.75 Å². The maximum absolute atomic E-state index is 10.6. The smallest absolute Gasteiger partial charge is 0.126 e. The minimum absolute atomic E-state index is 0.353. The van der Waals surface area contributed by atoms with Crippen molar-refractivity contribution in [2.75, 3.05) is 0 Å². The van der Waals surface area contributed by atoms with E-state index in [0.29, 0.717) is 12.5 Å². The van der Waals surface area contributed by atoms with Crippen molar-refractivity contribution >= 4 is 0 Å². The van der Waals surface area contributed by atoms with Gasteiger partial charge in [-0.05, 0) is 42.4 Å². The number of ether oxygens (including phenoxy) is 1. The zero-order chi connectivity index (χ0) is 15.5. The number of fused-ring (bicyclic) bond motifs is 1. The second-order valence-electron chi connectivity index (χ2n) is 6.21. The number of benzene rings is 2. The van der Waals surface area contributed by atoms with E-state index in [0.717, 1.165) is 36.1 Å². The van der Waals surface area contributed by atoms with Gasteiger partial charge in [0.25, 0.3) is 0 Å². The summed E-state index contributed by atoms with van der Waals surface area (Å²) >= 11 is 0. The highest BCUT2D eigenvalue weighted by atomic mass is 16.5. The van der Waals surface area contributed by atoms with Crippen molar-refractivity contribution in [3.63, 3.8) is 0 Å². The van der Waals surface area contributed by atoms with E-state index in [-0.39, 0.29) is 6.10 Å². The molecule has 1 aliphatic carbocycles. The molecule has 2 aromatic rings. The van der Waals surface area contributed by atoms with E-state index in [1.807, 2.05) is 18.2 Å². The molecule has 0 radical (unpaired) electrons. The molecule has 0 bridgehead atoms.